The van der Waals surface area contributed by atoms with Gasteiger partial charge in [0.25, 0.3) is 11.5 Å². The highest BCUT2D eigenvalue weighted by molar-refractivity contribution is 7.91. The largest absolute Gasteiger partial charge is 0.381 e. The van der Waals surface area contributed by atoms with Gasteiger partial charge in [0.2, 0.25) is 0 Å². The molecule has 1 aromatic carbocycles. The maximum atomic E-state index is 16.0. The van der Waals surface area contributed by atoms with Crippen LogP contribution in [-0.4, -0.2) is 72.2 Å². The molecule has 1 atom stereocenters. The molecule has 2 saturated heterocycles. The Morgan fingerprint density at radius 2 is 1.70 bits per heavy atom. The lowest BCUT2D eigenvalue weighted by Crippen LogP contribution is -2.40. The van der Waals surface area contributed by atoms with Crippen LogP contribution in [0.3, 0.4) is 0 Å². The zero-order chi connectivity index (χ0) is 32.5. The van der Waals surface area contributed by atoms with E-state index in [1.54, 1.807) is 17.6 Å². The van der Waals surface area contributed by atoms with E-state index >= 15 is 13.2 Å². The van der Waals surface area contributed by atoms with Crippen LogP contribution in [0.4, 0.5) is 19.0 Å². The predicted octanol–water partition coefficient (Wildman–Crippen LogP) is 5.40. The van der Waals surface area contributed by atoms with Crippen molar-refractivity contribution in [3.8, 4) is 0 Å². The highest BCUT2D eigenvalue weighted by Crippen LogP contribution is 2.44. The lowest BCUT2D eigenvalue weighted by molar-refractivity contribution is -0.0880. The average molecular weight is 662 g/mol. The smallest absolute Gasteiger partial charge is 0.278 e. The topological polar surface area (TPSA) is 106 Å². The quantitative estimate of drug-likeness (QED) is 0.370. The van der Waals surface area contributed by atoms with E-state index in [4.69, 9.17) is 4.74 Å². The van der Waals surface area contributed by atoms with Gasteiger partial charge in [-0.1, -0.05) is 18.2 Å². The summed E-state index contributed by atoms with van der Waals surface area (Å²) in [4.78, 5) is 24.9. The molecule has 3 aromatic rings. The second kappa shape index (κ2) is 13.6. The first-order valence-corrected chi connectivity index (χ1v) is 18.2. The molecule has 13 heteroatoms. The number of hydrogen-bond donors (Lipinski definition) is 1. The SMILES string of the molecule is C[C@H]1Nc2ncnc3c2cc(C2CCS(=O)(=O)CC2)c(=O)n3CCCOCCCCN2CCC(CC2)C(F)(F)c2cccc1c2F. The number of benzene rings is 1. The molecule has 6 heterocycles. The molecule has 4 aliphatic heterocycles. The Balaban J connectivity index is 1.40. The molecule has 8 bridgehead atoms. The zero-order valence-electron chi connectivity index (χ0n) is 26.2. The van der Waals surface area contributed by atoms with E-state index in [0.29, 0.717) is 87.4 Å². The molecule has 0 radical (unpaired) electrons. The molecule has 0 spiro atoms. The second-order valence-electron chi connectivity index (χ2n) is 12.9. The van der Waals surface area contributed by atoms with Crippen molar-refractivity contribution >= 4 is 26.7 Å². The molecule has 2 fully saturated rings. The van der Waals surface area contributed by atoms with Gasteiger partial charge in [0, 0.05) is 36.8 Å². The minimum atomic E-state index is -3.32. The van der Waals surface area contributed by atoms with E-state index in [1.807, 2.05) is 0 Å². The number of aryl methyl sites for hydroxylation is 1. The molecule has 9 nitrogen and oxygen atoms in total. The molecule has 0 saturated carbocycles. The van der Waals surface area contributed by atoms with Gasteiger partial charge in [-0.3, -0.25) is 9.36 Å². The molecule has 46 heavy (non-hydrogen) atoms. The van der Waals surface area contributed by atoms with E-state index in [1.165, 1.54) is 24.5 Å². The highest BCUT2D eigenvalue weighted by atomic mass is 32.2. The standard InChI is InChI=1S/C33H42F3N5O4S/c1-22-25-6-4-7-28(29(25)34)33(35,36)24-8-14-40(15-9-24)12-2-3-16-45-17-5-13-41-31-27(30(39-22)37-21-38-31)20-26(32(41)42)23-10-18-46(43,44)19-11-23/h4,6-7,20-24H,2-3,5,8-19H2,1H3,(H,37,38,39)/t22-/m1/s1. The summed E-state index contributed by atoms with van der Waals surface area (Å²) in [5.41, 5.74) is 0.143. The minimum Gasteiger partial charge on any atom is -0.381 e. The van der Waals surface area contributed by atoms with Crippen LogP contribution in [0.2, 0.25) is 0 Å². The van der Waals surface area contributed by atoms with Gasteiger partial charge in [-0.15, -0.1) is 0 Å². The number of fused-ring (bicyclic) bond motifs is 10. The number of ether oxygens (including phenoxy) is 1. The van der Waals surface area contributed by atoms with Gasteiger partial charge < -0.3 is 15.0 Å². The molecule has 0 amide bonds. The zero-order valence-corrected chi connectivity index (χ0v) is 27.0. The molecule has 7 rings (SSSR count). The summed E-state index contributed by atoms with van der Waals surface area (Å²) in [7, 11) is -3.15. The summed E-state index contributed by atoms with van der Waals surface area (Å²) in [6, 6.07) is 5.13. The monoisotopic (exact) mass is 661 g/mol. The summed E-state index contributed by atoms with van der Waals surface area (Å²) in [6.07, 6.45) is 4.87. The van der Waals surface area contributed by atoms with Gasteiger partial charge in [-0.2, -0.15) is 0 Å². The number of sulfone groups is 1. The summed E-state index contributed by atoms with van der Waals surface area (Å²) >= 11 is 0. The predicted molar refractivity (Wildman–Crippen MR) is 171 cm³/mol. The summed E-state index contributed by atoms with van der Waals surface area (Å²) in [5.74, 6) is -5.11. The number of rotatable bonds is 1. The average Bonchev–Trinajstić information content (AvgIpc) is 3.03. The van der Waals surface area contributed by atoms with Crippen molar-refractivity contribution in [2.45, 2.75) is 76.3 Å². The van der Waals surface area contributed by atoms with E-state index < -0.39 is 39.1 Å². The van der Waals surface area contributed by atoms with Crippen molar-refractivity contribution in [1.29, 1.82) is 0 Å². The van der Waals surface area contributed by atoms with Crippen molar-refractivity contribution in [2.24, 2.45) is 5.92 Å². The minimum absolute atomic E-state index is 0.00921. The summed E-state index contributed by atoms with van der Waals surface area (Å²) in [5, 5.41) is 3.73. The number of aromatic nitrogens is 3. The lowest BCUT2D eigenvalue weighted by Gasteiger charge is -2.36. The fraction of sp³-hybridized carbons (Fsp3) is 0.606. The Hall–Kier alpha value is -3.03. The second-order valence-corrected chi connectivity index (χ2v) is 15.2. The normalized spacial score (nSPS) is 26.2. The maximum Gasteiger partial charge on any atom is 0.278 e. The Kier molecular flexibility index (Phi) is 9.73. The van der Waals surface area contributed by atoms with Crippen molar-refractivity contribution in [2.75, 3.05) is 49.7 Å². The number of alkyl halides is 2. The number of halogens is 3. The Bertz CT molecular complexity index is 1710. The Labute approximate surface area is 267 Å². The van der Waals surface area contributed by atoms with Gasteiger partial charge in [-0.05, 0) is 83.5 Å². The van der Waals surface area contributed by atoms with Crippen LogP contribution >= 0.6 is 0 Å². The van der Waals surface area contributed by atoms with Crippen molar-refractivity contribution in [1.82, 2.24) is 19.4 Å². The number of anilines is 1. The number of nitrogens with zero attached hydrogens (tertiary/aromatic N) is 4. The van der Waals surface area contributed by atoms with Crippen LogP contribution in [0, 0.1) is 11.7 Å². The molecule has 4 aliphatic rings. The van der Waals surface area contributed by atoms with Gasteiger partial charge in [0.1, 0.15) is 33.4 Å². The summed E-state index contributed by atoms with van der Waals surface area (Å²) < 4.78 is 79.5. The third kappa shape index (κ3) is 6.82. The van der Waals surface area contributed by atoms with Gasteiger partial charge in [0.15, 0.2) is 0 Å². The van der Waals surface area contributed by atoms with Crippen molar-refractivity contribution < 1.29 is 26.3 Å². The number of nitrogens with one attached hydrogen (secondary N) is 1. The third-order valence-corrected chi connectivity index (χ3v) is 11.6. The highest BCUT2D eigenvalue weighted by Gasteiger charge is 2.45. The van der Waals surface area contributed by atoms with Crippen LogP contribution in [0.25, 0.3) is 11.0 Å². The van der Waals surface area contributed by atoms with E-state index in [0.717, 1.165) is 19.4 Å². The lowest BCUT2D eigenvalue weighted by atomic mass is 9.85. The molecular weight excluding hydrogens is 619 g/mol. The fourth-order valence-electron chi connectivity index (χ4n) is 7.15. The van der Waals surface area contributed by atoms with E-state index in [9.17, 15) is 13.2 Å². The fourth-order valence-corrected chi connectivity index (χ4v) is 8.64. The van der Waals surface area contributed by atoms with Crippen LogP contribution in [0.5, 0.6) is 0 Å². The maximum absolute atomic E-state index is 16.0. The third-order valence-electron chi connectivity index (χ3n) is 9.90. The molecule has 1 N–H and O–H groups in total. The summed E-state index contributed by atoms with van der Waals surface area (Å²) in [6.45, 7) is 4.93. The molecule has 0 unspecified atom stereocenters. The number of hydrogen-bond acceptors (Lipinski definition) is 8. The van der Waals surface area contributed by atoms with Gasteiger partial charge >= 0.3 is 0 Å². The first-order chi connectivity index (χ1) is 22.0. The number of piperidine rings is 1. The van der Waals surface area contributed by atoms with Crippen LogP contribution in [0.1, 0.15) is 80.5 Å². The van der Waals surface area contributed by atoms with Crippen LogP contribution < -0.4 is 10.9 Å². The molecule has 0 aliphatic carbocycles. The van der Waals surface area contributed by atoms with E-state index in [2.05, 4.69) is 20.2 Å². The van der Waals surface area contributed by atoms with Crippen LogP contribution in [0.15, 0.2) is 35.4 Å². The van der Waals surface area contributed by atoms with Crippen LogP contribution in [-0.2, 0) is 27.0 Å². The first kappa shape index (κ1) is 32.9. The Morgan fingerprint density at radius 3 is 2.46 bits per heavy atom. The van der Waals surface area contributed by atoms with E-state index in [-0.39, 0.29) is 28.5 Å². The van der Waals surface area contributed by atoms with Gasteiger partial charge in [-0.25, -0.2) is 31.6 Å². The number of pyridine rings is 1. The van der Waals surface area contributed by atoms with Gasteiger partial charge in [0.05, 0.1) is 28.5 Å². The van der Waals surface area contributed by atoms with Crippen molar-refractivity contribution in [3.63, 3.8) is 0 Å². The first-order valence-electron chi connectivity index (χ1n) is 16.4. The molecule has 2 aromatic heterocycles. The Morgan fingerprint density at radius 1 is 0.957 bits per heavy atom. The molecular formula is C33H42F3N5O4S. The molecule has 250 valence electrons. The van der Waals surface area contributed by atoms with Crippen molar-refractivity contribution in [3.05, 3.63) is 63.5 Å².